The number of nitrogens with zero attached hydrogens (tertiary/aromatic N) is 1. The van der Waals surface area contributed by atoms with Gasteiger partial charge in [-0.2, -0.15) is 0 Å². The molecule has 1 N–H and O–H groups in total. The molecule has 0 atom stereocenters. The van der Waals surface area contributed by atoms with E-state index in [1.54, 1.807) is 17.4 Å². The molecule has 4 rings (SSSR count). The van der Waals surface area contributed by atoms with Gasteiger partial charge in [-0.1, -0.05) is 36.0 Å². The highest BCUT2D eigenvalue weighted by Gasteiger charge is 2.32. The zero-order chi connectivity index (χ0) is 18.1. The number of fused-ring (bicyclic) bond motifs is 2. The molecule has 1 aliphatic rings. The smallest absolute Gasteiger partial charge is 0.413 e. The zero-order valence-corrected chi connectivity index (χ0v) is 16.1. The van der Waals surface area contributed by atoms with Crippen molar-refractivity contribution in [2.45, 2.75) is 30.2 Å². The molecule has 0 spiro atoms. The Morgan fingerprint density at radius 3 is 3.00 bits per heavy atom. The van der Waals surface area contributed by atoms with E-state index in [1.165, 1.54) is 11.8 Å². The van der Waals surface area contributed by atoms with Gasteiger partial charge in [-0.25, -0.2) is 9.78 Å². The van der Waals surface area contributed by atoms with Crippen LogP contribution in [0.1, 0.15) is 19.4 Å². The summed E-state index contributed by atoms with van der Waals surface area (Å²) in [5, 5.41) is 2.75. The van der Waals surface area contributed by atoms with Gasteiger partial charge in [0.15, 0.2) is 15.8 Å². The maximum absolute atomic E-state index is 12.1. The van der Waals surface area contributed by atoms with E-state index in [1.807, 2.05) is 50.2 Å². The van der Waals surface area contributed by atoms with E-state index in [0.29, 0.717) is 17.4 Å². The third-order valence-corrected chi connectivity index (χ3v) is 6.01. The van der Waals surface area contributed by atoms with Crippen molar-refractivity contribution in [1.29, 1.82) is 0 Å². The SMILES string of the molecule is CC1(C)Cc2cccc(OC(=O)NCSc3nc4ccccc4s3)c2O1. The molecule has 0 bridgehead atoms. The third kappa shape index (κ3) is 3.64. The summed E-state index contributed by atoms with van der Waals surface area (Å²) in [6.45, 7) is 4.04. The van der Waals surface area contributed by atoms with Crippen LogP contribution in [0.15, 0.2) is 46.8 Å². The molecule has 2 aromatic carbocycles. The number of amides is 1. The molecule has 0 radical (unpaired) electrons. The molecule has 1 aliphatic heterocycles. The van der Waals surface area contributed by atoms with E-state index in [4.69, 9.17) is 9.47 Å². The Balaban J connectivity index is 1.34. The number of nitrogens with one attached hydrogen (secondary N) is 1. The standard InChI is InChI=1S/C19H18N2O3S2/c1-19(2)10-12-6-5-8-14(16(12)24-19)23-17(22)20-11-25-18-21-13-7-3-4-9-15(13)26-18/h3-9H,10-11H2,1-2H3,(H,20,22). The van der Waals surface area contributed by atoms with E-state index < -0.39 is 6.09 Å². The highest BCUT2D eigenvalue weighted by Crippen LogP contribution is 2.41. The van der Waals surface area contributed by atoms with Crippen molar-refractivity contribution in [3.05, 3.63) is 48.0 Å². The monoisotopic (exact) mass is 386 g/mol. The Morgan fingerprint density at radius 1 is 1.31 bits per heavy atom. The van der Waals surface area contributed by atoms with Crippen LogP contribution in [0.2, 0.25) is 0 Å². The Hall–Kier alpha value is -2.25. The quantitative estimate of drug-likeness (QED) is 0.513. The second-order valence-corrected chi connectivity index (χ2v) is 8.84. The summed E-state index contributed by atoms with van der Waals surface area (Å²) in [4.78, 5) is 16.6. The van der Waals surface area contributed by atoms with Crippen LogP contribution in [-0.4, -0.2) is 22.6 Å². The van der Waals surface area contributed by atoms with Gasteiger partial charge in [0.25, 0.3) is 0 Å². The first-order valence-corrected chi connectivity index (χ1v) is 10.1. The highest BCUT2D eigenvalue weighted by atomic mass is 32.2. The lowest BCUT2D eigenvalue weighted by molar-refractivity contribution is 0.133. The summed E-state index contributed by atoms with van der Waals surface area (Å²) in [7, 11) is 0. The maximum Gasteiger partial charge on any atom is 0.413 e. The van der Waals surface area contributed by atoms with E-state index in [9.17, 15) is 4.79 Å². The Morgan fingerprint density at radius 2 is 2.15 bits per heavy atom. The van der Waals surface area contributed by atoms with Crippen LogP contribution in [-0.2, 0) is 6.42 Å². The number of hydrogen-bond acceptors (Lipinski definition) is 6. The molecule has 0 saturated heterocycles. The number of benzene rings is 2. The van der Waals surface area contributed by atoms with Crippen LogP contribution in [0.4, 0.5) is 4.79 Å². The lowest BCUT2D eigenvalue weighted by Crippen LogP contribution is -2.27. The van der Waals surface area contributed by atoms with E-state index in [0.717, 1.165) is 26.5 Å². The van der Waals surface area contributed by atoms with Gasteiger partial charge in [-0.3, -0.25) is 0 Å². The molecule has 26 heavy (non-hydrogen) atoms. The molecular formula is C19H18N2O3S2. The molecule has 0 unspecified atom stereocenters. The number of carbonyl (C=O) groups excluding carboxylic acids is 1. The fourth-order valence-electron chi connectivity index (χ4n) is 2.87. The van der Waals surface area contributed by atoms with E-state index in [-0.39, 0.29) is 5.60 Å². The Labute approximate surface area is 159 Å². The zero-order valence-electron chi connectivity index (χ0n) is 14.4. The van der Waals surface area contributed by atoms with Gasteiger partial charge in [0.2, 0.25) is 0 Å². The second kappa shape index (κ2) is 6.81. The molecule has 3 aromatic rings. The maximum atomic E-state index is 12.1. The van der Waals surface area contributed by atoms with Gasteiger partial charge < -0.3 is 14.8 Å². The Kier molecular flexibility index (Phi) is 4.50. The minimum atomic E-state index is -0.500. The van der Waals surface area contributed by atoms with Crippen LogP contribution in [0.25, 0.3) is 10.2 Å². The van der Waals surface area contributed by atoms with Crippen molar-refractivity contribution in [2.75, 3.05) is 5.88 Å². The summed E-state index contributed by atoms with van der Waals surface area (Å²) in [5.41, 5.74) is 1.76. The molecule has 0 fully saturated rings. The number of aromatic nitrogens is 1. The van der Waals surface area contributed by atoms with Gasteiger partial charge in [-0.15, -0.1) is 11.3 Å². The summed E-state index contributed by atoms with van der Waals surface area (Å²) < 4.78 is 13.4. The largest absolute Gasteiger partial charge is 0.483 e. The highest BCUT2D eigenvalue weighted by molar-refractivity contribution is 8.01. The van der Waals surface area contributed by atoms with Gasteiger partial charge in [0.05, 0.1) is 16.1 Å². The lowest BCUT2D eigenvalue weighted by atomic mass is 10.0. The lowest BCUT2D eigenvalue weighted by Gasteiger charge is -2.18. The van der Waals surface area contributed by atoms with Crippen LogP contribution >= 0.6 is 23.1 Å². The normalized spacial score (nSPS) is 14.7. The molecule has 2 heterocycles. The summed E-state index contributed by atoms with van der Waals surface area (Å²) >= 11 is 3.08. The number of thioether (sulfide) groups is 1. The van der Waals surface area contributed by atoms with Gasteiger partial charge >= 0.3 is 6.09 Å². The molecular weight excluding hydrogens is 368 g/mol. The number of thiazole rings is 1. The van der Waals surface area contributed by atoms with Crippen molar-refractivity contribution < 1.29 is 14.3 Å². The third-order valence-electron chi connectivity index (χ3n) is 3.94. The van der Waals surface area contributed by atoms with Crippen LogP contribution in [0, 0.1) is 0 Å². The average Bonchev–Trinajstić information content (AvgIpc) is 3.14. The van der Waals surface area contributed by atoms with E-state index >= 15 is 0 Å². The van der Waals surface area contributed by atoms with Crippen molar-refractivity contribution in [2.24, 2.45) is 0 Å². The molecule has 7 heteroatoms. The van der Waals surface area contributed by atoms with Gasteiger partial charge in [-0.05, 0) is 32.0 Å². The minimum absolute atomic E-state index is 0.277. The Bertz CT molecular complexity index is 935. The summed E-state index contributed by atoms with van der Waals surface area (Å²) in [6.07, 6.45) is 0.301. The summed E-state index contributed by atoms with van der Waals surface area (Å²) in [6, 6.07) is 13.6. The molecule has 5 nitrogen and oxygen atoms in total. The van der Waals surface area contributed by atoms with Crippen molar-refractivity contribution >= 4 is 39.4 Å². The minimum Gasteiger partial charge on any atom is -0.483 e. The number of hydrogen-bond donors (Lipinski definition) is 1. The predicted octanol–water partition coefficient (Wildman–Crippen LogP) is 4.85. The first-order valence-electron chi connectivity index (χ1n) is 8.25. The fraction of sp³-hybridized carbons (Fsp3) is 0.263. The molecule has 1 aromatic heterocycles. The molecule has 1 amide bonds. The van der Waals surface area contributed by atoms with Gasteiger partial charge in [0, 0.05) is 12.0 Å². The van der Waals surface area contributed by atoms with Crippen LogP contribution in [0.5, 0.6) is 11.5 Å². The van der Waals surface area contributed by atoms with Crippen LogP contribution < -0.4 is 14.8 Å². The van der Waals surface area contributed by atoms with Crippen LogP contribution in [0.3, 0.4) is 0 Å². The summed E-state index contributed by atoms with van der Waals surface area (Å²) in [5.74, 6) is 1.50. The predicted molar refractivity (Wildman–Crippen MR) is 104 cm³/mol. The van der Waals surface area contributed by atoms with Crippen molar-refractivity contribution in [3.63, 3.8) is 0 Å². The number of carbonyl (C=O) groups is 1. The number of rotatable bonds is 4. The first-order chi connectivity index (χ1) is 12.5. The second-order valence-electron chi connectivity index (χ2n) is 6.59. The van der Waals surface area contributed by atoms with Crippen molar-refractivity contribution in [1.82, 2.24) is 10.3 Å². The molecule has 134 valence electrons. The average molecular weight is 386 g/mol. The topological polar surface area (TPSA) is 60.5 Å². The fourth-order valence-corrected chi connectivity index (χ4v) is 4.73. The van der Waals surface area contributed by atoms with Gasteiger partial charge in [0.1, 0.15) is 5.60 Å². The first kappa shape index (κ1) is 17.2. The molecule has 0 aliphatic carbocycles. The van der Waals surface area contributed by atoms with E-state index in [2.05, 4.69) is 10.3 Å². The molecule has 0 saturated carbocycles. The number of para-hydroxylation sites is 2. The number of ether oxygens (including phenoxy) is 2. The van der Waals surface area contributed by atoms with Crippen molar-refractivity contribution in [3.8, 4) is 11.5 Å².